The number of aromatic nitrogens is 4. The number of rotatable bonds is 7. The van der Waals surface area contributed by atoms with Gasteiger partial charge in [-0.2, -0.15) is 5.10 Å². The first-order valence-electron chi connectivity index (χ1n) is 10.8. The van der Waals surface area contributed by atoms with Gasteiger partial charge in [-0.15, -0.1) is 10.2 Å². The molecule has 168 valence electrons. The van der Waals surface area contributed by atoms with E-state index in [1.807, 2.05) is 6.92 Å². The van der Waals surface area contributed by atoms with Crippen LogP contribution < -0.4 is 10.1 Å². The Kier molecular flexibility index (Phi) is 7.25. The summed E-state index contributed by atoms with van der Waals surface area (Å²) in [6.07, 6.45) is 3.74. The Bertz CT molecular complexity index is 911. The van der Waals surface area contributed by atoms with E-state index in [2.05, 4.69) is 34.5 Å². The summed E-state index contributed by atoms with van der Waals surface area (Å²) in [5, 5.41) is 15.3. The fourth-order valence-electron chi connectivity index (χ4n) is 3.86. The maximum Gasteiger partial charge on any atom is 0.342 e. The molecule has 0 radical (unpaired) electrons. The highest BCUT2D eigenvalue weighted by molar-refractivity contribution is 5.93. The van der Waals surface area contributed by atoms with Crippen LogP contribution in [0.5, 0.6) is 5.88 Å². The van der Waals surface area contributed by atoms with Crippen molar-refractivity contribution in [2.24, 2.45) is 11.8 Å². The van der Waals surface area contributed by atoms with Gasteiger partial charge in [-0.3, -0.25) is 4.79 Å². The zero-order valence-corrected chi connectivity index (χ0v) is 18.8. The van der Waals surface area contributed by atoms with Crippen LogP contribution in [0.4, 0.5) is 0 Å². The van der Waals surface area contributed by atoms with Gasteiger partial charge in [-0.1, -0.05) is 26.7 Å². The third-order valence-electron chi connectivity index (χ3n) is 6.05. The van der Waals surface area contributed by atoms with Gasteiger partial charge in [-0.05, 0) is 45.1 Å². The first kappa shape index (κ1) is 22.7. The molecule has 4 atom stereocenters. The summed E-state index contributed by atoms with van der Waals surface area (Å²) < 4.78 is 12.2. The number of hydrogen-bond donors (Lipinski definition) is 1. The number of esters is 1. The van der Waals surface area contributed by atoms with Gasteiger partial charge in [0.2, 0.25) is 5.88 Å². The van der Waals surface area contributed by atoms with Crippen LogP contribution in [-0.2, 0) is 9.53 Å². The van der Waals surface area contributed by atoms with Crippen molar-refractivity contribution >= 4 is 11.9 Å². The second-order valence-electron chi connectivity index (χ2n) is 8.15. The average Bonchev–Trinajstić information content (AvgIpc) is 3.13. The lowest BCUT2D eigenvalue weighted by molar-refractivity contribution is -0.130. The Morgan fingerprint density at radius 3 is 2.71 bits per heavy atom. The first-order valence-corrected chi connectivity index (χ1v) is 10.8. The predicted octanol–water partition coefficient (Wildman–Crippen LogP) is 2.86. The third kappa shape index (κ3) is 5.21. The van der Waals surface area contributed by atoms with Gasteiger partial charge in [0.25, 0.3) is 5.91 Å². The van der Waals surface area contributed by atoms with E-state index in [-0.39, 0.29) is 17.5 Å². The molecular weight excluding hydrogens is 398 g/mol. The molecule has 1 aliphatic carbocycles. The number of amides is 1. The number of carbonyl (C=O) groups is 2. The molecule has 1 aliphatic rings. The number of hydrogen-bond acceptors (Lipinski definition) is 7. The fraction of sp³-hybridized carbons (Fsp3) is 0.591. The number of nitrogens with zero attached hydrogens (tertiary/aromatic N) is 4. The van der Waals surface area contributed by atoms with Gasteiger partial charge in [0.05, 0.1) is 18.5 Å². The van der Waals surface area contributed by atoms with E-state index in [9.17, 15) is 9.59 Å². The molecule has 0 unspecified atom stereocenters. The van der Waals surface area contributed by atoms with Gasteiger partial charge in [0.15, 0.2) is 11.9 Å². The van der Waals surface area contributed by atoms with Crippen LogP contribution in [0.2, 0.25) is 0 Å². The lowest BCUT2D eigenvalue weighted by Crippen LogP contribution is -2.47. The van der Waals surface area contributed by atoms with Crippen LogP contribution in [0, 0.1) is 18.8 Å². The second-order valence-corrected chi connectivity index (χ2v) is 8.15. The predicted molar refractivity (Wildman–Crippen MR) is 114 cm³/mol. The molecule has 1 amide bonds. The second kappa shape index (κ2) is 9.89. The van der Waals surface area contributed by atoms with E-state index in [1.165, 1.54) is 17.3 Å². The van der Waals surface area contributed by atoms with Gasteiger partial charge < -0.3 is 14.8 Å². The Balaban J connectivity index is 1.63. The number of ether oxygens (including phenoxy) is 2. The summed E-state index contributed by atoms with van der Waals surface area (Å²) in [7, 11) is 0. The van der Waals surface area contributed by atoms with E-state index in [0.29, 0.717) is 35.8 Å². The van der Waals surface area contributed by atoms with Crippen LogP contribution in [0.25, 0.3) is 5.82 Å². The van der Waals surface area contributed by atoms with Crippen LogP contribution in [0.15, 0.2) is 18.3 Å². The van der Waals surface area contributed by atoms with Crippen molar-refractivity contribution in [2.75, 3.05) is 6.61 Å². The summed E-state index contributed by atoms with van der Waals surface area (Å²) in [4.78, 5) is 25.2. The summed E-state index contributed by atoms with van der Waals surface area (Å²) in [6, 6.07) is 3.50. The average molecular weight is 430 g/mol. The molecule has 1 fully saturated rings. The SMILES string of the molecule is CCOc1ccc(-n2ncc(C(=O)O[C@H](C)C(=O)N[C@@H]3CCC[C@H](C)[C@H]3C)c2C)nn1. The maximum atomic E-state index is 12.7. The monoisotopic (exact) mass is 429 g/mol. The van der Waals surface area contributed by atoms with E-state index < -0.39 is 12.1 Å². The zero-order valence-electron chi connectivity index (χ0n) is 18.8. The molecular formula is C22H31N5O4. The van der Waals surface area contributed by atoms with Crippen molar-refractivity contribution in [3.05, 3.63) is 29.6 Å². The summed E-state index contributed by atoms with van der Waals surface area (Å²) >= 11 is 0. The Hall–Kier alpha value is -2.97. The van der Waals surface area contributed by atoms with Crippen LogP contribution in [0.1, 0.15) is 63.0 Å². The largest absolute Gasteiger partial charge is 0.477 e. The highest BCUT2D eigenvalue weighted by Gasteiger charge is 2.30. The molecule has 31 heavy (non-hydrogen) atoms. The van der Waals surface area contributed by atoms with Gasteiger partial charge in [0.1, 0.15) is 5.56 Å². The Morgan fingerprint density at radius 1 is 1.26 bits per heavy atom. The Morgan fingerprint density at radius 2 is 2.03 bits per heavy atom. The minimum atomic E-state index is -0.898. The van der Waals surface area contributed by atoms with Crippen molar-refractivity contribution in [1.82, 2.24) is 25.3 Å². The van der Waals surface area contributed by atoms with Crippen molar-refractivity contribution < 1.29 is 19.1 Å². The van der Waals surface area contributed by atoms with E-state index >= 15 is 0 Å². The molecule has 1 saturated carbocycles. The standard InChI is InChI=1S/C22H31N5O4/c1-6-30-20-11-10-19(25-26-20)27-15(4)17(12-23-27)22(29)31-16(5)21(28)24-18-9-7-8-13(2)14(18)3/h10-14,16,18H,6-9H2,1-5H3,(H,24,28)/t13-,14+,16+,18+/m0/s1. The molecule has 2 heterocycles. The third-order valence-corrected chi connectivity index (χ3v) is 6.05. The van der Waals surface area contributed by atoms with Gasteiger partial charge >= 0.3 is 5.97 Å². The molecule has 0 aliphatic heterocycles. The first-order chi connectivity index (χ1) is 14.8. The molecule has 0 spiro atoms. The van der Waals surface area contributed by atoms with Crippen molar-refractivity contribution in [1.29, 1.82) is 0 Å². The molecule has 3 rings (SSSR count). The summed E-state index contributed by atoms with van der Waals surface area (Å²) in [6.45, 7) is 10.0. The quantitative estimate of drug-likeness (QED) is 0.674. The van der Waals surface area contributed by atoms with Crippen LogP contribution in [0.3, 0.4) is 0 Å². The minimum Gasteiger partial charge on any atom is -0.477 e. The number of carbonyl (C=O) groups excluding carboxylic acids is 2. The number of nitrogens with one attached hydrogen (secondary N) is 1. The Labute approximate surface area is 182 Å². The normalized spacial score (nSPS) is 21.9. The van der Waals surface area contributed by atoms with Gasteiger partial charge in [-0.25, -0.2) is 9.48 Å². The molecule has 0 bridgehead atoms. The van der Waals surface area contributed by atoms with E-state index in [4.69, 9.17) is 9.47 Å². The summed E-state index contributed by atoms with van der Waals surface area (Å²) in [5.41, 5.74) is 0.820. The molecule has 2 aromatic rings. The molecule has 9 nitrogen and oxygen atoms in total. The minimum absolute atomic E-state index is 0.111. The molecule has 9 heteroatoms. The molecule has 2 aromatic heterocycles. The smallest absolute Gasteiger partial charge is 0.342 e. The zero-order chi connectivity index (χ0) is 22.5. The highest BCUT2D eigenvalue weighted by Crippen LogP contribution is 2.29. The van der Waals surface area contributed by atoms with Crippen molar-refractivity contribution in [2.45, 2.75) is 66.0 Å². The van der Waals surface area contributed by atoms with Gasteiger partial charge in [0, 0.05) is 12.1 Å². The van der Waals surface area contributed by atoms with E-state index in [1.54, 1.807) is 26.0 Å². The lowest BCUT2D eigenvalue weighted by atomic mass is 9.78. The van der Waals surface area contributed by atoms with Crippen molar-refractivity contribution in [3.8, 4) is 11.7 Å². The highest BCUT2D eigenvalue weighted by atomic mass is 16.5. The van der Waals surface area contributed by atoms with Crippen LogP contribution in [-0.4, -0.2) is 50.6 Å². The topological polar surface area (TPSA) is 108 Å². The molecule has 0 aromatic carbocycles. The van der Waals surface area contributed by atoms with Crippen molar-refractivity contribution in [3.63, 3.8) is 0 Å². The fourth-order valence-corrected chi connectivity index (χ4v) is 3.86. The molecule has 1 N–H and O–H groups in total. The van der Waals surface area contributed by atoms with Crippen LogP contribution >= 0.6 is 0 Å². The maximum absolute atomic E-state index is 12.7. The van der Waals surface area contributed by atoms with E-state index in [0.717, 1.165) is 12.8 Å². The summed E-state index contributed by atoms with van der Waals surface area (Å²) in [5.74, 6) is 0.952. The lowest BCUT2D eigenvalue weighted by Gasteiger charge is -2.35. The molecule has 0 saturated heterocycles.